The molecule has 0 radical (unpaired) electrons. The highest BCUT2D eigenvalue weighted by atomic mass is 79.9. The van der Waals surface area contributed by atoms with Crippen molar-refractivity contribution in [2.45, 2.75) is 27.7 Å². The number of esters is 1. The van der Waals surface area contributed by atoms with Crippen molar-refractivity contribution in [3.8, 4) is 17.2 Å². The normalized spacial score (nSPS) is 10.5. The Morgan fingerprint density at radius 2 is 1.05 bits per heavy atom. The molecule has 0 aliphatic rings. The molecule has 0 saturated heterocycles. The number of carboxylic acid groups (broad SMARTS) is 1. The molecule has 0 aliphatic heterocycles. The first-order valence-corrected chi connectivity index (χ1v) is 21.5. The average molecular weight is 987 g/mol. The van der Waals surface area contributed by atoms with Gasteiger partial charge in [-0.2, -0.15) is 0 Å². The highest BCUT2D eigenvalue weighted by molar-refractivity contribution is 9.10. The fourth-order valence-corrected chi connectivity index (χ4v) is 9.05. The molecular formula is C47H41BrCl2F2O8S2. The number of carbonyl (C=O) groups excluding carboxylic acids is 2. The van der Waals surface area contributed by atoms with Crippen molar-refractivity contribution in [3.05, 3.63) is 160 Å². The Kier molecular flexibility index (Phi) is 18.1. The maximum atomic E-state index is 13.5. The molecule has 0 aliphatic carbocycles. The molecule has 2 heterocycles. The van der Waals surface area contributed by atoms with E-state index in [1.807, 2.05) is 50.2 Å². The van der Waals surface area contributed by atoms with Crippen LogP contribution in [-0.4, -0.2) is 51.3 Å². The number of ether oxygens (including phenoxy) is 4. The van der Waals surface area contributed by atoms with Gasteiger partial charge in [-0.05, 0) is 134 Å². The van der Waals surface area contributed by atoms with Gasteiger partial charge in [0.15, 0.2) is 0 Å². The van der Waals surface area contributed by atoms with Crippen LogP contribution in [0.3, 0.4) is 0 Å². The third kappa shape index (κ3) is 12.6. The topological polar surface area (TPSA) is 108 Å². The summed E-state index contributed by atoms with van der Waals surface area (Å²) in [6.07, 6.45) is 2.63. The molecule has 324 valence electrons. The minimum Gasteiger partial charge on any atom is -0.497 e. The number of fused-ring (bicyclic) bond motifs is 2. The van der Waals surface area contributed by atoms with Gasteiger partial charge in [0, 0.05) is 36.3 Å². The third-order valence-electron chi connectivity index (χ3n) is 8.91. The third-order valence-corrected chi connectivity index (χ3v) is 13.5. The van der Waals surface area contributed by atoms with Gasteiger partial charge in [-0.15, -0.1) is 22.7 Å². The molecule has 0 bridgehead atoms. The quantitative estimate of drug-likeness (QED) is 0.0911. The van der Waals surface area contributed by atoms with Crippen LogP contribution < -0.4 is 14.2 Å². The first-order chi connectivity index (χ1) is 29.4. The zero-order valence-electron chi connectivity index (χ0n) is 34.7. The minimum atomic E-state index is -0.948. The molecular weight excluding hydrogens is 945 g/mol. The van der Waals surface area contributed by atoms with Crippen LogP contribution in [0.25, 0.3) is 26.2 Å². The van der Waals surface area contributed by atoms with Crippen molar-refractivity contribution >= 4 is 106 Å². The summed E-state index contributed by atoms with van der Waals surface area (Å²) in [4.78, 5) is 35.4. The van der Waals surface area contributed by atoms with E-state index < -0.39 is 11.9 Å². The fourth-order valence-electron chi connectivity index (χ4n) is 5.87. The summed E-state index contributed by atoms with van der Waals surface area (Å²) in [6.45, 7) is 7.21. The molecule has 5 aromatic carbocycles. The molecule has 0 amide bonds. The number of hydrogen-bond acceptors (Lipinski definition) is 9. The fraction of sp³-hybridized carbons (Fsp3) is 0.170. The van der Waals surface area contributed by atoms with Gasteiger partial charge in [0.05, 0.1) is 43.4 Å². The molecule has 15 heteroatoms. The van der Waals surface area contributed by atoms with Crippen molar-refractivity contribution in [1.82, 2.24) is 0 Å². The summed E-state index contributed by atoms with van der Waals surface area (Å²) in [6, 6.07) is 23.9. The number of aryl methyl sites for hydroxylation is 4. The van der Waals surface area contributed by atoms with E-state index in [0.717, 1.165) is 58.9 Å². The standard InChI is InChI=1S/C18H14ClFO2S.C11H9ClO3S.C10H10O3.C8H8BrF/c1-9-6-11(20)7-10(2)15(9)17(21)18-16(19)13-5-4-12(22-3)8-14(13)23-18;1-14-6-3-4-7-8(5-6)16-10(9(7)12)11(13)15-2;1-13-9-5-2-8(3-6-9)4-7-10(11)12;1-5-3-7(10)4-6(2)8(5)9/h4-8H,1-3H3;3-5H,1-2H3;2-7H,1H3,(H,11,12);3-4H,1-2H3/b;;7-4+;. The summed E-state index contributed by atoms with van der Waals surface area (Å²) in [5.74, 6) is 0.158. The van der Waals surface area contributed by atoms with Crippen molar-refractivity contribution in [3.63, 3.8) is 0 Å². The molecule has 7 aromatic rings. The Bertz CT molecular complexity index is 2720. The number of ketones is 1. The van der Waals surface area contributed by atoms with Gasteiger partial charge >= 0.3 is 11.9 Å². The van der Waals surface area contributed by atoms with Crippen molar-refractivity contribution in [1.29, 1.82) is 0 Å². The molecule has 1 N–H and O–H groups in total. The van der Waals surface area contributed by atoms with Gasteiger partial charge in [0.2, 0.25) is 5.78 Å². The number of aliphatic carboxylic acids is 1. The van der Waals surface area contributed by atoms with Gasteiger partial charge < -0.3 is 24.1 Å². The van der Waals surface area contributed by atoms with Crippen molar-refractivity contribution < 1.29 is 47.2 Å². The number of benzene rings is 5. The summed E-state index contributed by atoms with van der Waals surface area (Å²) in [7, 11) is 6.11. The van der Waals surface area contributed by atoms with Crippen LogP contribution in [0.1, 0.15) is 52.7 Å². The number of carboxylic acids is 1. The van der Waals surface area contributed by atoms with Crippen LogP contribution in [-0.2, 0) is 9.53 Å². The van der Waals surface area contributed by atoms with E-state index in [9.17, 15) is 23.2 Å². The van der Waals surface area contributed by atoms with Crippen molar-refractivity contribution in [2.75, 3.05) is 28.4 Å². The highest BCUT2D eigenvalue weighted by Crippen LogP contribution is 2.40. The molecule has 0 unspecified atom stereocenters. The Hall–Kier alpha value is -5.31. The number of halogens is 5. The highest BCUT2D eigenvalue weighted by Gasteiger charge is 2.22. The van der Waals surface area contributed by atoms with Gasteiger partial charge in [-0.3, -0.25) is 4.79 Å². The summed E-state index contributed by atoms with van der Waals surface area (Å²) < 4.78 is 48.8. The monoisotopic (exact) mass is 984 g/mol. The van der Waals surface area contributed by atoms with E-state index >= 15 is 0 Å². The molecule has 7 rings (SSSR count). The lowest BCUT2D eigenvalue weighted by Crippen LogP contribution is -2.05. The lowest BCUT2D eigenvalue weighted by molar-refractivity contribution is -0.131. The predicted octanol–water partition coefficient (Wildman–Crippen LogP) is 13.9. The van der Waals surface area contributed by atoms with Crippen LogP contribution in [0, 0.1) is 39.3 Å². The molecule has 2 aromatic heterocycles. The SMILES string of the molecule is COC(=O)c1sc2cc(OC)ccc2c1Cl.COc1ccc(/C=C/C(=O)O)cc1.COc1ccc2c(Cl)c(C(=O)c3c(C)cc(F)cc3C)sc2c1.Cc1cc(F)cc(C)c1Br. The van der Waals surface area contributed by atoms with E-state index in [1.54, 1.807) is 59.4 Å². The second kappa shape index (κ2) is 22.7. The maximum Gasteiger partial charge on any atom is 0.349 e. The van der Waals surface area contributed by atoms with Gasteiger partial charge in [0.1, 0.15) is 33.8 Å². The van der Waals surface area contributed by atoms with E-state index in [-0.39, 0.29) is 17.4 Å². The molecule has 0 saturated carbocycles. The Labute approximate surface area is 384 Å². The van der Waals surface area contributed by atoms with Gasteiger partial charge in [-0.25, -0.2) is 18.4 Å². The number of hydrogen-bond donors (Lipinski definition) is 1. The molecule has 0 fully saturated rings. The number of rotatable bonds is 8. The smallest absolute Gasteiger partial charge is 0.349 e. The van der Waals surface area contributed by atoms with E-state index in [1.165, 1.54) is 60.1 Å². The molecule has 0 atom stereocenters. The van der Waals surface area contributed by atoms with Crippen LogP contribution in [0.4, 0.5) is 8.78 Å². The first kappa shape index (κ1) is 49.3. The zero-order valence-corrected chi connectivity index (χ0v) is 39.5. The Morgan fingerprint density at radius 1 is 0.629 bits per heavy atom. The zero-order chi connectivity index (χ0) is 45.8. The maximum absolute atomic E-state index is 13.5. The summed E-state index contributed by atoms with van der Waals surface area (Å²) in [5.41, 5.74) is 4.45. The van der Waals surface area contributed by atoms with Crippen LogP contribution in [0.5, 0.6) is 17.2 Å². The number of carbonyl (C=O) groups is 3. The molecule has 0 spiro atoms. The number of methoxy groups -OCH3 is 4. The first-order valence-electron chi connectivity index (χ1n) is 18.3. The van der Waals surface area contributed by atoms with Gasteiger partial charge in [0.25, 0.3) is 0 Å². The predicted molar refractivity (Wildman–Crippen MR) is 251 cm³/mol. The summed E-state index contributed by atoms with van der Waals surface area (Å²) >= 11 is 18.5. The lowest BCUT2D eigenvalue weighted by atomic mass is 9.98. The lowest BCUT2D eigenvalue weighted by Gasteiger charge is -2.08. The van der Waals surface area contributed by atoms with Crippen molar-refractivity contribution in [2.24, 2.45) is 0 Å². The van der Waals surface area contributed by atoms with Crippen LogP contribution >= 0.6 is 61.8 Å². The van der Waals surface area contributed by atoms with E-state index in [4.69, 9.17) is 42.5 Å². The summed E-state index contributed by atoms with van der Waals surface area (Å²) in [5, 5.41) is 10.9. The van der Waals surface area contributed by atoms with E-state index in [0.29, 0.717) is 42.2 Å². The minimum absolute atomic E-state index is 0.168. The second-order valence-electron chi connectivity index (χ2n) is 13.2. The molecule has 8 nitrogen and oxygen atoms in total. The largest absolute Gasteiger partial charge is 0.497 e. The van der Waals surface area contributed by atoms with Crippen LogP contribution in [0.15, 0.2) is 95.5 Å². The molecule has 62 heavy (non-hydrogen) atoms. The average Bonchev–Trinajstić information content (AvgIpc) is 3.76. The Morgan fingerprint density at radius 3 is 1.48 bits per heavy atom. The van der Waals surface area contributed by atoms with Crippen LogP contribution in [0.2, 0.25) is 10.0 Å². The number of thiophene rings is 2. The Balaban J connectivity index is 0.000000191. The van der Waals surface area contributed by atoms with Gasteiger partial charge in [-0.1, -0.05) is 51.3 Å². The van der Waals surface area contributed by atoms with E-state index in [2.05, 4.69) is 20.7 Å². The second-order valence-corrected chi connectivity index (χ2v) is 16.9.